The van der Waals surface area contributed by atoms with Crippen LogP contribution in [0.4, 0.5) is 51.2 Å². The van der Waals surface area contributed by atoms with Crippen LogP contribution in [-0.2, 0) is 20.2 Å². The predicted octanol–water partition coefficient (Wildman–Crippen LogP) is 1.73. The molecule has 6 aromatic rings. The van der Waals surface area contributed by atoms with Crippen molar-refractivity contribution in [2.24, 2.45) is 30.7 Å². The van der Waals surface area contributed by atoms with E-state index >= 15 is 0 Å². The van der Waals surface area contributed by atoms with Gasteiger partial charge in [-0.3, -0.25) is 4.79 Å². The molecular formula is C35H25N9Na2O9S2. The van der Waals surface area contributed by atoms with E-state index in [0.717, 1.165) is 0 Å². The zero-order valence-corrected chi connectivity index (χ0v) is 35.4. The van der Waals surface area contributed by atoms with Crippen LogP contribution in [0.2, 0.25) is 0 Å². The summed E-state index contributed by atoms with van der Waals surface area (Å²) in [5, 5.41) is 46.1. The van der Waals surface area contributed by atoms with Crippen LogP contribution in [0.3, 0.4) is 0 Å². The normalized spacial score (nSPS) is 11.8. The Morgan fingerprint density at radius 1 is 0.614 bits per heavy atom. The number of amides is 1. The van der Waals surface area contributed by atoms with E-state index in [9.17, 15) is 40.9 Å². The van der Waals surface area contributed by atoms with Crippen LogP contribution in [-0.4, -0.2) is 42.1 Å². The van der Waals surface area contributed by atoms with Crippen molar-refractivity contribution in [3.63, 3.8) is 0 Å². The van der Waals surface area contributed by atoms with Gasteiger partial charge in [-0.25, -0.2) is 16.8 Å². The third-order valence-electron chi connectivity index (χ3n) is 7.68. The van der Waals surface area contributed by atoms with Gasteiger partial charge in [-0.2, -0.15) is 15.3 Å². The largest absolute Gasteiger partial charge is 1.00 e. The van der Waals surface area contributed by atoms with E-state index < -0.39 is 64.1 Å². The molecule has 0 saturated carbocycles. The topological polar surface area (TPSA) is 310 Å². The molecule has 0 aliphatic heterocycles. The van der Waals surface area contributed by atoms with Crippen LogP contribution in [0.25, 0.3) is 10.8 Å². The van der Waals surface area contributed by atoms with Crippen LogP contribution >= 0.6 is 0 Å². The number of phenols is 2. The fraction of sp³-hybridized carbons (Fsp3) is 0. The number of nitrogens with two attached hydrogens (primary N) is 2. The monoisotopic (exact) mass is 825 g/mol. The van der Waals surface area contributed by atoms with Crippen molar-refractivity contribution in [1.29, 1.82) is 0 Å². The second-order valence-electron chi connectivity index (χ2n) is 11.4. The summed E-state index contributed by atoms with van der Waals surface area (Å²) in [5.41, 5.74) is 12.0. The van der Waals surface area contributed by atoms with Crippen molar-refractivity contribution >= 4 is 88.1 Å². The smallest absolute Gasteiger partial charge is 0.744 e. The zero-order valence-electron chi connectivity index (χ0n) is 29.8. The average molecular weight is 826 g/mol. The van der Waals surface area contributed by atoms with Gasteiger partial charge in [0.25, 0.3) is 5.91 Å². The first-order chi connectivity index (χ1) is 26.1. The molecule has 6 aromatic carbocycles. The van der Waals surface area contributed by atoms with Gasteiger partial charge in [0.1, 0.15) is 43.0 Å². The van der Waals surface area contributed by atoms with Gasteiger partial charge >= 0.3 is 59.1 Å². The molecule has 0 spiro atoms. The minimum Gasteiger partial charge on any atom is -0.744 e. The minimum atomic E-state index is -5.35. The molecule has 6 rings (SSSR count). The number of aromatic hydroxyl groups is 2. The summed E-state index contributed by atoms with van der Waals surface area (Å²) in [7, 11) is -10.7. The molecule has 0 fully saturated rings. The quantitative estimate of drug-likeness (QED) is 0.0573. The number of hydrogen-bond donors (Lipinski definition) is 5. The van der Waals surface area contributed by atoms with Crippen molar-refractivity contribution in [2.75, 3.05) is 16.8 Å². The van der Waals surface area contributed by atoms with E-state index in [4.69, 9.17) is 11.5 Å². The molecule has 18 nitrogen and oxygen atoms in total. The first-order valence-electron chi connectivity index (χ1n) is 15.5. The molecule has 1 amide bonds. The number of rotatable bonds is 10. The Labute approximate surface area is 368 Å². The van der Waals surface area contributed by atoms with Crippen LogP contribution in [0.15, 0.2) is 150 Å². The van der Waals surface area contributed by atoms with E-state index in [1.165, 1.54) is 54.6 Å². The molecule has 0 aliphatic rings. The van der Waals surface area contributed by atoms with E-state index in [2.05, 4.69) is 36.0 Å². The van der Waals surface area contributed by atoms with Crippen LogP contribution in [0, 0.1) is 0 Å². The summed E-state index contributed by atoms with van der Waals surface area (Å²) >= 11 is 0. The maximum absolute atomic E-state index is 12.9. The predicted molar refractivity (Wildman–Crippen MR) is 198 cm³/mol. The maximum atomic E-state index is 12.9. The fourth-order valence-electron chi connectivity index (χ4n) is 5.04. The zero-order chi connectivity index (χ0) is 39.5. The van der Waals surface area contributed by atoms with Gasteiger partial charge in [0.15, 0.2) is 5.75 Å². The van der Waals surface area contributed by atoms with Gasteiger partial charge in [0, 0.05) is 17.3 Å². The van der Waals surface area contributed by atoms with E-state index in [1.54, 1.807) is 42.5 Å². The Bertz CT molecular complexity index is 2790. The summed E-state index contributed by atoms with van der Waals surface area (Å²) in [6, 6.07) is 25.5. The Hall–Kier alpha value is -5.13. The van der Waals surface area contributed by atoms with Gasteiger partial charge < -0.3 is 36.1 Å². The van der Waals surface area contributed by atoms with Crippen LogP contribution in [0.5, 0.6) is 11.5 Å². The average Bonchev–Trinajstić information content (AvgIpc) is 3.14. The van der Waals surface area contributed by atoms with Crippen LogP contribution in [0.1, 0.15) is 10.4 Å². The first kappa shape index (κ1) is 44.6. The number of benzene rings is 6. The Morgan fingerprint density at radius 3 is 1.68 bits per heavy atom. The summed E-state index contributed by atoms with van der Waals surface area (Å²) in [6.07, 6.45) is 0. The van der Waals surface area contributed by atoms with Gasteiger partial charge in [-0.1, -0.05) is 18.2 Å². The number of carbonyl (C=O) groups excluding carboxylic acids is 1. The SMILES string of the molecule is Nc1cc(O)ccc1N=Nc1ccc(NC(=O)c2ccc(N=Nc3c(S(=O)(=O)[O-])cc4cc(S(=O)(=O)[O-])c(N=Nc5ccccc5)c(O)c4c3N)cc2)cc1.[Na+].[Na+]. The second kappa shape index (κ2) is 18.4. The van der Waals surface area contributed by atoms with Gasteiger partial charge in [0.2, 0.25) is 0 Å². The van der Waals surface area contributed by atoms with E-state index in [-0.39, 0.29) is 92.9 Å². The number of carbonyl (C=O) groups is 1. The number of azo groups is 3. The third-order valence-corrected chi connectivity index (χ3v) is 9.38. The minimum absolute atomic E-state index is 0. The molecule has 0 atom stereocenters. The summed E-state index contributed by atoms with van der Waals surface area (Å²) < 4.78 is 73.4. The summed E-state index contributed by atoms with van der Waals surface area (Å²) in [6.45, 7) is 0. The Balaban J connectivity index is 0.00000360. The standard InChI is InChI=1S/C35H27N9O9S2.2Na/c36-26-18-25(45)14-15-27(26)42-39-24-12-10-21(11-13-24)38-35(47)19-6-8-23(9-7-19)41-43-32-28(54(48,49)50)16-20-17-29(55(51,52)53)33(34(46)30(20)31(32)37)44-40-22-4-2-1-3-5-22;;/h1-18,45-46H,36-37H2,(H,38,47)(H,48,49,50)(H,51,52,53);;/q;2*+1/p-2. The molecule has 278 valence electrons. The van der Waals surface area contributed by atoms with Crippen molar-refractivity contribution in [1.82, 2.24) is 0 Å². The maximum Gasteiger partial charge on any atom is 1.00 e. The molecule has 0 unspecified atom stereocenters. The van der Waals surface area contributed by atoms with E-state index in [0.29, 0.717) is 29.2 Å². The second-order valence-corrected chi connectivity index (χ2v) is 14.1. The Morgan fingerprint density at radius 2 is 1.12 bits per heavy atom. The molecule has 57 heavy (non-hydrogen) atoms. The number of nitrogen functional groups attached to an aromatic ring is 2. The molecule has 22 heteroatoms. The van der Waals surface area contributed by atoms with Gasteiger partial charge in [-0.05, 0) is 90.3 Å². The van der Waals surface area contributed by atoms with Gasteiger partial charge in [-0.15, -0.1) is 15.3 Å². The molecule has 0 radical (unpaired) electrons. The van der Waals surface area contributed by atoms with Crippen molar-refractivity contribution in [3.05, 3.63) is 115 Å². The molecular weight excluding hydrogens is 801 g/mol. The molecule has 0 saturated heterocycles. The summed E-state index contributed by atoms with van der Waals surface area (Å²) in [5.74, 6) is -1.46. The van der Waals surface area contributed by atoms with Gasteiger partial charge in [0.05, 0.1) is 43.6 Å². The fourth-order valence-corrected chi connectivity index (χ4v) is 6.35. The van der Waals surface area contributed by atoms with Crippen molar-refractivity contribution < 1.29 is 100 Å². The number of nitrogens with one attached hydrogen (secondary N) is 1. The van der Waals surface area contributed by atoms with E-state index in [1.807, 2.05) is 0 Å². The number of fused-ring (bicyclic) bond motifs is 1. The number of hydrogen-bond acceptors (Lipinski definition) is 17. The molecule has 0 bridgehead atoms. The van der Waals surface area contributed by atoms with Crippen molar-refractivity contribution in [2.45, 2.75) is 9.79 Å². The molecule has 0 aromatic heterocycles. The molecule has 0 heterocycles. The number of phenolic OH excluding ortho intramolecular Hbond substituents is 2. The molecule has 0 aliphatic carbocycles. The summed E-state index contributed by atoms with van der Waals surface area (Å²) in [4.78, 5) is 10.8. The molecule has 7 N–H and O–H groups in total. The third kappa shape index (κ3) is 10.6. The van der Waals surface area contributed by atoms with Crippen molar-refractivity contribution in [3.8, 4) is 11.5 Å². The van der Waals surface area contributed by atoms with Crippen LogP contribution < -0.4 is 75.9 Å². The number of nitrogens with zero attached hydrogens (tertiary/aromatic N) is 6. The Kier molecular flexibility index (Phi) is 14.4. The first-order valence-corrected chi connectivity index (χ1v) is 18.3. The number of anilines is 3.